The van der Waals surface area contributed by atoms with Gasteiger partial charge < -0.3 is 5.32 Å². The Balaban J connectivity index is 1.70. The molecule has 120 valence electrons. The fraction of sp³-hybridized carbons (Fsp3) is 0.105. The lowest BCUT2D eigenvalue weighted by Crippen LogP contribution is -2.05. The van der Waals surface area contributed by atoms with Crippen molar-refractivity contribution in [3.63, 3.8) is 0 Å². The molecule has 0 radical (unpaired) electrons. The lowest BCUT2D eigenvalue weighted by Gasteiger charge is -2.09. The molecule has 0 bridgehead atoms. The van der Waals surface area contributed by atoms with Gasteiger partial charge in [0.1, 0.15) is 0 Å². The van der Waals surface area contributed by atoms with Crippen molar-refractivity contribution in [1.82, 2.24) is 0 Å². The Labute approximate surface area is 135 Å². The minimum atomic E-state index is -4.33. The first-order valence-corrected chi connectivity index (χ1v) is 7.45. The number of nitrogens with one attached hydrogen (secondary N) is 1. The number of hydrogen-bond acceptors (Lipinski definition) is 1. The minimum Gasteiger partial charge on any atom is -0.321 e. The summed E-state index contributed by atoms with van der Waals surface area (Å²) in [6.45, 7) is 0. The number of amides is 1. The van der Waals surface area contributed by atoms with Crippen molar-refractivity contribution >= 4 is 22.4 Å². The molecule has 1 amide bonds. The zero-order chi connectivity index (χ0) is 16.9. The highest BCUT2D eigenvalue weighted by atomic mass is 19.4. The second-order valence-electron chi connectivity index (χ2n) is 5.87. The molecule has 0 unspecified atom stereocenters. The summed E-state index contributed by atoms with van der Waals surface area (Å²) < 4.78 is 37.9. The third kappa shape index (κ3) is 2.42. The van der Waals surface area contributed by atoms with Crippen molar-refractivity contribution < 1.29 is 18.0 Å². The quantitative estimate of drug-likeness (QED) is 0.704. The average Bonchev–Trinajstić information content (AvgIpc) is 2.85. The SMILES string of the molecule is O=C1Nc2cccc3cc(Cc4ccc(C(F)(F)F)cc4)cc1c23. The fourth-order valence-electron chi connectivity index (χ4n) is 3.11. The maximum Gasteiger partial charge on any atom is 0.416 e. The maximum atomic E-state index is 12.6. The van der Waals surface area contributed by atoms with Gasteiger partial charge in [0.25, 0.3) is 5.91 Å². The van der Waals surface area contributed by atoms with Crippen LogP contribution in [-0.4, -0.2) is 5.91 Å². The Kier molecular flexibility index (Phi) is 3.13. The third-order valence-electron chi connectivity index (χ3n) is 4.22. The fourth-order valence-corrected chi connectivity index (χ4v) is 3.11. The molecule has 0 saturated heterocycles. The van der Waals surface area contributed by atoms with Crippen LogP contribution < -0.4 is 5.32 Å². The summed E-state index contributed by atoms with van der Waals surface area (Å²) in [6.07, 6.45) is -3.86. The summed E-state index contributed by atoms with van der Waals surface area (Å²) in [4.78, 5) is 12.1. The number of halogens is 3. The highest BCUT2D eigenvalue weighted by molar-refractivity contribution is 6.24. The van der Waals surface area contributed by atoms with E-state index in [0.717, 1.165) is 39.7 Å². The van der Waals surface area contributed by atoms with E-state index in [1.165, 1.54) is 12.1 Å². The van der Waals surface area contributed by atoms with E-state index in [1.807, 2.05) is 30.3 Å². The van der Waals surface area contributed by atoms with E-state index < -0.39 is 11.7 Å². The second kappa shape index (κ2) is 5.09. The predicted octanol–water partition coefficient (Wildman–Crippen LogP) is 5.02. The molecule has 3 aromatic rings. The molecule has 0 aliphatic carbocycles. The molecule has 1 N–H and O–H groups in total. The van der Waals surface area contributed by atoms with Gasteiger partial charge >= 0.3 is 6.18 Å². The van der Waals surface area contributed by atoms with Crippen LogP contribution in [0, 0.1) is 0 Å². The van der Waals surface area contributed by atoms with Crippen LogP contribution in [0.2, 0.25) is 0 Å². The Morgan fingerprint density at radius 1 is 0.917 bits per heavy atom. The summed E-state index contributed by atoms with van der Waals surface area (Å²) in [5.41, 5.74) is 2.42. The van der Waals surface area contributed by atoms with E-state index in [4.69, 9.17) is 0 Å². The molecular weight excluding hydrogens is 315 g/mol. The number of alkyl halides is 3. The first kappa shape index (κ1) is 14.8. The van der Waals surface area contributed by atoms with E-state index in [0.29, 0.717) is 12.0 Å². The van der Waals surface area contributed by atoms with Crippen molar-refractivity contribution in [1.29, 1.82) is 0 Å². The molecule has 0 spiro atoms. The van der Waals surface area contributed by atoms with Crippen molar-refractivity contribution in [3.8, 4) is 0 Å². The van der Waals surface area contributed by atoms with Crippen LogP contribution in [0.3, 0.4) is 0 Å². The number of benzene rings is 3. The Morgan fingerprint density at radius 3 is 2.38 bits per heavy atom. The maximum absolute atomic E-state index is 12.6. The van der Waals surface area contributed by atoms with Crippen LogP contribution in [0.5, 0.6) is 0 Å². The van der Waals surface area contributed by atoms with Gasteiger partial charge in [-0.25, -0.2) is 0 Å². The number of carbonyl (C=O) groups is 1. The van der Waals surface area contributed by atoms with E-state index in [-0.39, 0.29) is 5.91 Å². The van der Waals surface area contributed by atoms with Gasteiger partial charge in [-0.05, 0) is 47.2 Å². The molecule has 5 heteroatoms. The van der Waals surface area contributed by atoms with Crippen LogP contribution in [0.1, 0.15) is 27.0 Å². The van der Waals surface area contributed by atoms with Gasteiger partial charge in [-0.2, -0.15) is 13.2 Å². The molecule has 0 fully saturated rings. The topological polar surface area (TPSA) is 29.1 Å². The Hall–Kier alpha value is -2.82. The molecular formula is C19H12F3NO. The summed E-state index contributed by atoms with van der Waals surface area (Å²) in [5, 5.41) is 4.67. The monoisotopic (exact) mass is 327 g/mol. The van der Waals surface area contributed by atoms with E-state index in [1.54, 1.807) is 0 Å². The molecule has 0 saturated carbocycles. The minimum absolute atomic E-state index is 0.143. The van der Waals surface area contributed by atoms with Gasteiger partial charge in [-0.15, -0.1) is 0 Å². The number of carbonyl (C=O) groups excluding carboxylic acids is 1. The first-order valence-electron chi connectivity index (χ1n) is 7.45. The molecule has 4 rings (SSSR count). The van der Waals surface area contributed by atoms with E-state index in [2.05, 4.69) is 5.32 Å². The van der Waals surface area contributed by atoms with Crippen molar-refractivity contribution in [3.05, 3.63) is 76.9 Å². The molecule has 2 nitrogen and oxygen atoms in total. The molecule has 0 atom stereocenters. The Morgan fingerprint density at radius 2 is 1.67 bits per heavy atom. The zero-order valence-electron chi connectivity index (χ0n) is 12.4. The highest BCUT2D eigenvalue weighted by Crippen LogP contribution is 2.34. The standard InChI is InChI=1S/C19H12F3NO/c20-19(21,22)14-6-4-11(5-7-14)8-12-9-13-2-1-3-16-17(13)15(10-12)18(24)23-16/h1-7,9-10H,8H2,(H,23,24). The van der Waals surface area contributed by atoms with Crippen LogP contribution in [0.4, 0.5) is 18.9 Å². The molecule has 1 aliphatic rings. The molecule has 0 aromatic heterocycles. The van der Waals surface area contributed by atoms with Crippen LogP contribution in [0.15, 0.2) is 54.6 Å². The predicted molar refractivity (Wildman–Crippen MR) is 86.2 cm³/mol. The molecule has 3 aromatic carbocycles. The summed E-state index contributed by atoms with van der Waals surface area (Å²) in [6, 6.07) is 14.6. The van der Waals surface area contributed by atoms with Gasteiger partial charge in [0.05, 0.1) is 5.56 Å². The van der Waals surface area contributed by atoms with E-state index >= 15 is 0 Å². The summed E-state index contributed by atoms with van der Waals surface area (Å²) in [5.74, 6) is -0.143. The van der Waals surface area contributed by atoms with Gasteiger partial charge in [-0.3, -0.25) is 4.79 Å². The average molecular weight is 327 g/mol. The Bertz CT molecular complexity index is 959. The lowest BCUT2D eigenvalue weighted by molar-refractivity contribution is -0.137. The number of anilines is 1. The largest absolute Gasteiger partial charge is 0.416 e. The van der Waals surface area contributed by atoms with Crippen molar-refractivity contribution in [2.75, 3.05) is 5.32 Å². The van der Waals surface area contributed by atoms with Crippen LogP contribution in [0.25, 0.3) is 10.8 Å². The molecule has 24 heavy (non-hydrogen) atoms. The molecule has 1 heterocycles. The van der Waals surface area contributed by atoms with Gasteiger partial charge in [-0.1, -0.05) is 30.3 Å². The van der Waals surface area contributed by atoms with Crippen LogP contribution >= 0.6 is 0 Å². The third-order valence-corrected chi connectivity index (χ3v) is 4.22. The summed E-state index contributed by atoms with van der Waals surface area (Å²) >= 11 is 0. The van der Waals surface area contributed by atoms with Gasteiger partial charge in [0.15, 0.2) is 0 Å². The smallest absolute Gasteiger partial charge is 0.321 e. The summed E-state index contributed by atoms with van der Waals surface area (Å²) in [7, 11) is 0. The zero-order valence-corrected chi connectivity index (χ0v) is 12.4. The van der Waals surface area contributed by atoms with Crippen molar-refractivity contribution in [2.24, 2.45) is 0 Å². The van der Waals surface area contributed by atoms with Crippen molar-refractivity contribution in [2.45, 2.75) is 12.6 Å². The normalized spacial score (nSPS) is 13.4. The molecule has 1 aliphatic heterocycles. The van der Waals surface area contributed by atoms with E-state index in [9.17, 15) is 18.0 Å². The number of hydrogen-bond donors (Lipinski definition) is 1. The van der Waals surface area contributed by atoms with Gasteiger partial charge in [0.2, 0.25) is 0 Å². The van der Waals surface area contributed by atoms with Gasteiger partial charge in [0, 0.05) is 16.6 Å². The van der Waals surface area contributed by atoms with Crippen LogP contribution in [-0.2, 0) is 12.6 Å². The second-order valence-corrected chi connectivity index (χ2v) is 5.87. The first-order chi connectivity index (χ1) is 11.4. The number of rotatable bonds is 2. The highest BCUT2D eigenvalue weighted by Gasteiger charge is 2.30. The lowest BCUT2D eigenvalue weighted by atomic mass is 9.97.